The van der Waals surface area contributed by atoms with Crippen LogP contribution in [0.4, 0.5) is 0 Å². The van der Waals surface area contributed by atoms with Gasteiger partial charge in [0.25, 0.3) is 0 Å². The van der Waals surface area contributed by atoms with Crippen molar-refractivity contribution in [1.29, 1.82) is 0 Å². The third-order valence-corrected chi connectivity index (χ3v) is 2.27. The predicted molar refractivity (Wildman–Crippen MR) is 64.2 cm³/mol. The zero-order valence-electron chi connectivity index (χ0n) is 9.37. The summed E-state index contributed by atoms with van der Waals surface area (Å²) in [5.74, 6) is 0.666. The highest BCUT2D eigenvalue weighted by Crippen LogP contribution is 2.36. The molecule has 0 saturated carbocycles. The molecule has 1 rings (SSSR count). The fraction of sp³-hybridized carbons (Fsp3) is 0.231. The lowest BCUT2D eigenvalue weighted by Gasteiger charge is -2.12. The first kappa shape index (κ1) is 11.4. The van der Waals surface area contributed by atoms with E-state index in [4.69, 9.17) is 4.74 Å². The number of hydrogen-bond donors (Lipinski definition) is 1. The zero-order chi connectivity index (χ0) is 11.4. The Labute approximate surface area is 90.5 Å². The van der Waals surface area contributed by atoms with Gasteiger partial charge in [-0.1, -0.05) is 24.8 Å². The normalized spacial score (nSPS) is 10.6. The van der Waals surface area contributed by atoms with Crippen LogP contribution in [0.2, 0.25) is 0 Å². The van der Waals surface area contributed by atoms with Gasteiger partial charge in [0.05, 0.1) is 7.11 Å². The Bertz CT molecular complexity index is 403. The van der Waals surface area contributed by atoms with E-state index in [1.807, 2.05) is 32.1 Å². The monoisotopic (exact) mass is 204 g/mol. The van der Waals surface area contributed by atoms with E-state index in [0.717, 1.165) is 11.1 Å². The predicted octanol–water partition coefficient (Wildman–Crippen LogP) is 3.39. The molecular weight excluding hydrogens is 188 g/mol. The van der Waals surface area contributed by atoms with E-state index in [1.54, 1.807) is 13.2 Å². The Balaban J connectivity index is 3.50. The van der Waals surface area contributed by atoms with E-state index < -0.39 is 0 Å². The number of phenolic OH excluding ortho intramolecular Hbond substituents is 1. The highest BCUT2D eigenvalue weighted by molar-refractivity contribution is 5.73. The van der Waals surface area contributed by atoms with Crippen LogP contribution in [0.1, 0.15) is 23.6 Å². The number of allylic oxidation sites excluding steroid dienone is 1. The van der Waals surface area contributed by atoms with E-state index in [1.165, 1.54) is 0 Å². The van der Waals surface area contributed by atoms with Gasteiger partial charge in [0.2, 0.25) is 0 Å². The summed E-state index contributed by atoms with van der Waals surface area (Å²) >= 11 is 0. The average molecular weight is 204 g/mol. The standard InChI is InChI=1S/C13H16O2/c1-5-7-10-8-9(3)13(15-4)12(14)11(10)6-2/h5-8,14H,2H2,1,3-4H3/b7-5-. The van der Waals surface area contributed by atoms with Crippen LogP contribution in [-0.4, -0.2) is 12.2 Å². The van der Waals surface area contributed by atoms with E-state index in [2.05, 4.69) is 6.58 Å². The Morgan fingerprint density at radius 2 is 2.13 bits per heavy atom. The first-order valence-electron chi connectivity index (χ1n) is 4.81. The van der Waals surface area contributed by atoms with Gasteiger partial charge >= 0.3 is 0 Å². The maximum absolute atomic E-state index is 9.95. The quantitative estimate of drug-likeness (QED) is 0.817. The SMILES string of the molecule is C=Cc1c(/C=C\C)cc(C)c(OC)c1O. The van der Waals surface area contributed by atoms with Crippen molar-refractivity contribution in [1.82, 2.24) is 0 Å². The molecule has 1 aromatic carbocycles. The third-order valence-electron chi connectivity index (χ3n) is 2.27. The maximum atomic E-state index is 9.95. The second-order valence-electron chi connectivity index (χ2n) is 3.28. The van der Waals surface area contributed by atoms with Gasteiger partial charge < -0.3 is 9.84 Å². The molecule has 0 bridgehead atoms. The average Bonchev–Trinajstić information content (AvgIpc) is 2.19. The lowest BCUT2D eigenvalue weighted by molar-refractivity contribution is 0.370. The summed E-state index contributed by atoms with van der Waals surface area (Å²) in [6, 6.07) is 1.97. The summed E-state index contributed by atoms with van der Waals surface area (Å²) in [4.78, 5) is 0. The molecule has 1 N–H and O–H groups in total. The molecule has 0 spiro atoms. The molecule has 0 amide bonds. The molecule has 0 aliphatic carbocycles. The molecule has 0 heterocycles. The lowest BCUT2D eigenvalue weighted by Crippen LogP contribution is -1.92. The van der Waals surface area contributed by atoms with Crippen molar-refractivity contribution in [2.24, 2.45) is 0 Å². The number of rotatable bonds is 3. The fourth-order valence-electron chi connectivity index (χ4n) is 1.61. The number of aromatic hydroxyl groups is 1. The van der Waals surface area contributed by atoms with Crippen LogP contribution >= 0.6 is 0 Å². The fourth-order valence-corrected chi connectivity index (χ4v) is 1.61. The van der Waals surface area contributed by atoms with Crippen LogP contribution in [0.15, 0.2) is 18.7 Å². The van der Waals surface area contributed by atoms with Crippen LogP contribution in [0, 0.1) is 6.92 Å². The molecule has 0 radical (unpaired) electrons. The van der Waals surface area contributed by atoms with Crippen LogP contribution in [-0.2, 0) is 0 Å². The van der Waals surface area contributed by atoms with Crippen molar-refractivity contribution in [3.05, 3.63) is 35.4 Å². The Morgan fingerprint density at radius 3 is 2.60 bits per heavy atom. The van der Waals surface area contributed by atoms with Crippen molar-refractivity contribution in [3.63, 3.8) is 0 Å². The van der Waals surface area contributed by atoms with E-state index in [9.17, 15) is 5.11 Å². The van der Waals surface area contributed by atoms with Crippen LogP contribution < -0.4 is 4.74 Å². The van der Waals surface area contributed by atoms with Crippen LogP contribution in [0.5, 0.6) is 11.5 Å². The molecule has 0 saturated heterocycles. The number of phenols is 1. The first-order valence-corrected chi connectivity index (χ1v) is 4.81. The molecule has 15 heavy (non-hydrogen) atoms. The highest BCUT2D eigenvalue weighted by Gasteiger charge is 2.12. The number of benzene rings is 1. The molecule has 2 nitrogen and oxygen atoms in total. The number of methoxy groups -OCH3 is 1. The maximum Gasteiger partial charge on any atom is 0.165 e. The summed E-state index contributed by atoms with van der Waals surface area (Å²) in [5.41, 5.74) is 2.56. The summed E-state index contributed by atoms with van der Waals surface area (Å²) in [5, 5.41) is 9.95. The summed E-state index contributed by atoms with van der Waals surface area (Å²) in [6.07, 6.45) is 5.49. The molecule has 0 aromatic heterocycles. The number of hydrogen-bond acceptors (Lipinski definition) is 2. The van der Waals surface area contributed by atoms with Crippen molar-refractivity contribution in [2.75, 3.05) is 7.11 Å². The summed E-state index contributed by atoms with van der Waals surface area (Å²) in [6.45, 7) is 7.53. The minimum atomic E-state index is 0.153. The van der Waals surface area contributed by atoms with Gasteiger partial charge in [-0.05, 0) is 31.0 Å². The van der Waals surface area contributed by atoms with Gasteiger partial charge in [0.15, 0.2) is 11.5 Å². The van der Waals surface area contributed by atoms with Crippen molar-refractivity contribution in [3.8, 4) is 11.5 Å². The van der Waals surface area contributed by atoms with Gasteiger partial charge in [0, 0.05) is 5.56 Å². The molecule has 0 atom stereocenters. The minimum absolute atomic E-state index is 0.153. The van der Waals surface area contributed by atoms with E-state index in [-0.39, 0.29) is 5.75 Å². The molecule has 0 aliphatic heterocycles. The molecule has 80 valence electrons. The van der Waals surface area contributed by atoms with Crippen LogP contribution in [0.3, 0.4) is 0 Å². The van der Waals surface area contributed by atoms with Gasteiger partial charge in [-0.15, -0.1) is 0 Å². The lowest BCUT2D eigenvalue weighted by atomic mass is 10.0. The summed E-state index contributed by atoms with van der Waals surface area (Å²) in [7, 11) is 1.55. The topological polar surface area (TPSA) is 29.5 Å². The Kier molecular flexibility index (Phi) is 3.56. The molecule has 0 unspecified atom stereocenters. The molecule has 2 heteroatoms. The molecule has 1 aromatic rings. The van der Waals surface area contributed by atoms with E-state index >= 15 is 0 Å². The highest BCUT2D eigenvalue weighted by atomic mass is 16.5. The Morgan fingerprint density at radius 1 is 1.47 bits per heavy atom. The third kappa shape index (κ3) is 2.04. The minimum Gasteiger partial charge on any atom is -0.504 e. The smallest absolute Gasteiger partial charge is 0.165 e. The Hall–Kier alpha value is -1.70. The van der Waals surface area contributed by atoms with Gasteiger partial charge in [0.1, 0.15) is 0 Å². The number of ether oxygens (including phenoxy) is 1. The zero-order valence-corrected chi connectivity index (χ0v) is 9.37. The van der Waals surface area contributed by atoms with Crippen molar-refractivity contribution in [2.45, 2.75) is 13.8 Å². The molecule has 0 aliphatic rings. The largest absolute Gasteiger partial charge is 0.504 e. The molecule has 0 fully saturated rings. The van der Waals surface area contributed by atoms with Gasteiger partial charge in [-0.3, -0.25) is 0 Å². The second-order valence-corrected chi connectivity index (χ2v) is 3.28. The summed E-state index contributed by atoms with van der Waals surface area (Å²) < 4.78 is 5.13. The molecular formula is C13H16O2. The number of aryl methyl sites for hydroxylation is 1. The van der Waals surface area contributed by atoms with Gasteiger partial charge in [-0.25, -0.2) is 0 Å². The van der Waals surface area contributed by atoms with Crippen molar-refractivity contribution >= 4 is 12.2 Å². The van der Waals surface area contributed by atoms with Gasteiger partial charge in [-0.2, -0.15) is 0 Å². The first-order chi connectivity index (χ1) is 7.15. The van der Waals surface area contributed by atoms with Crippen LogP contribution in [0.25, 0.3) is 12.2 Å². The second kappa shape index (κ2) is 4.69. The van der Waals surface area contributed by atoms with Crippen molar-refractivity contribution < 1.29 is 9.84 Å². The van der Waals surface area contributed by atoms with E-state index in [0.29, 0.717) is 11.3 Å².